The average Bonchev–Trinajstić information content (AvgIpc) is 2.97. The summed E-state index contributed by atoms with van der Waals surface area (Å²) in [6.07, 6.45) is 1.69. The third-order valence-corrected chi connectivity index (χ3v) is 5.96. The molecule has 0 unspecified atom stereocenters. The first-order valence-corrected chi connectivity index (χ1v) is 11.3. The number of amides is 3. The quantitative estimate of drug-likeness (QED) is 0.694. The normalized spacial score (nSPS) is 15.8. The van der Waals surface area contributed by atoms with Gasteiger partial charge in [0.15, 0.2) is 5.82 Å². The Hall–Kier alpha value is -3.30. The van der Waals surface area contributed by atoms with Crippen molar-refractivity contribution in [1.82, 2.24) is 14.8 Å². The van der Waals surface area contributed by atoms with Crippen LogP contribution in [0.2, 0.25) is 0 Å². The van der Waals surface area contributed by atoms with Crippen LogP contribution in [0.3, 0.4) is 0 Å². The van der Waals surface area contributed by atoms with Gasteiger partial charge in [-0.25, -0.2) is 4.98 Å². The lowest BCUT2D eigenvalue weighted by molar-refractivity contribution is -0.133. The van der Waals surface area contributed by atoms with Gasteiger partial charge in [-0.05, 0) is 31.2 Å². The van der Waals surface area contributed by atoms with Gasteiger partial charge in [-0.2, -0.15) is 0 Å². The van der Waals surface area contributed by atoms with Gasteiger partial charge in [0, 0.05) is 51.8 Å². The Labute approximate surface area is 193 Å². The van der Waals surface area contributed by atoms with Gasteiger partial charge in [0.05, 0.1) is 30.2 Å². The molecule has 0 atom stereocenters. The minimum atomic E-state index is -0.300. The largest absolute Gasteiger partial charge is 0.379 e. The summed E-state index contributed by atoms with van der Waals surface area (Å²) in [4.78, 5) is 48.8. The van der Waals surface area contributed by atoms with E-state index in [-0.39, 0.29) is 30.6 Å². The molecule has 4 rings (SSSR count). The molecule has 1 fully saturated rings. The predicted molar refractivity (Wildman–Crippen MR) is 125 cm³/mol. The number of anilines is 3. The molecule has 0 radical (unpaired) electrons. The van der Waals surface area contributed by atoms with E-state index in [1.807, 2.05) is 6.92 Å². The molecule has 3 amide bonds. The topological polar surface area (TPSA) is 95.1 Å². The van der Waals surface area contributed by atoms with Gasteiger partial charge in [-0.3, -0.25) is 24.2 Å². The molecule has 0 saturated carbocycles. The second-order valence-electron chi connectivity index (χ2n) is 8.00. The van der Waals surface area contributed by atoms with Gasteiger partial charge in [0.1, 0.15) is 0 Å². The van der Waals surface area contributed by atoms with Crippen LogP contribution in [0.4, 0.5) is 17.2 Å². The summed E-state index contributed by atoms with van der Waals surface area (Å²) in [7, 11) is 0. The van der Waals surface area contributed by atoms with Crippen molar-refractivity contribution in [1.29, 1.82) is 0 Å². The van der Waals surface area contributed by atoms with E-state index in [9.17, 15) is 14.4 Å². The molecule has 174 valence electrons. The molecular weight excluding hydrogens is 422 g/mol. The highest BCUT2D eigenvalue weighted by Gasteiger charge is 2.30. The highest BCUT2D eigenvalue weighted by molar-refractivity contribution is 6.17. The number of hydrogen-bond acceptors (Lipinski definition) is 6. The SMILES string of the molecule is CCN(CCN1CCOCC1)C(=O)CCC(=O)N1c2ccccc2C(=O)Nc2cccnc21. The summed E-state index contributed by atoms with van der Waals surface area (Å²) in [5, 5.41) is 2.82. The highest BCUT2D eigenvalue weighted by Crippen LogP contribution is 2.36. The van der Waals surface area contributed by atoms with Crippen LogP contribution in [-0.4, -0.2) is 78.4 Å². The zero-order valence-corrected chi connectivity index (χ0v) is 18.8. The Bertz CT molecular complexity index is 1020. The maximum atomic E-state index is 13.4. The second kappa shape index (κ2) is 10.5. The molecule has 9 heteroatoms. The number of benzene rings is 1. The van der Waals surface area contributed by atoms with E-state index in [1.54, 1.807) is 47.5 Å². The number of ether oxygens (including phenoxy) is 1. The van der Waals surface area contributed by atoms with E-state index in [1.165, 1.54) is 4.90 Å². The number of pyridine rings is 1. The maximum Gasteiger partial charge on any atom is 0.257 e. The van der Waals surface area contributed by atoms with Crippen molar-refractivity contribution in [2.75, 3.05) is 56.2 Å². The number of aromatic nitrogens is 1. The number of carbonyl (C=O) groups is 3. The van der Waals surface area contributed by atoms with Crippen LogP contribution >= 0.6 is 0 Å². The van der Waals surface area contributed by atoms with E-state index < -0.39 is 0 Å². The van der Waals surface area contributed by atoms with Crippen molar-refractivity contribution >= 4 is 34.9 Å². The number of carbonyl (C=O) groups excluding carboxylic acids is 3. The van der Waals surface area contributed by atoms with Crippen LogP contribution in [-0.2, 0) is 14.3 Å². The average molecular weight is 452 g/mol. The van der Waals surface area contributed by atoms with Crippen molar-refractivity contribution in [3.8, 4) is 0 Å². The minimum absolute atomic E-state index is 0.0193. The minimum Gasteiger partial charge on any atom is -0.379 e. The van der Waals surface area contributed by atoms with Crippen molar-refractivity contribution in [3.05, 3.63) is 48.2 Å². The zero-order chi connectivity index (χ0) is 23.2. The fraction of sp³-hybridized carbons (Fsp3) is 0.417. The first-order valence-electron chi connectivity index (χ1n) is 11.3. The summed E-state index contributed by atoms with van der Waals surface area (Å²) in [6, 6.07) is 10.3. The molecule has 9 nitrogen and oxygen atoms in total. The molecule has 1 aromatic carbocycles. The Morgan fingerprint density at radius 3 is 2.70 bits per heavy atom. The fourth-order valence-corrected chi connectivity index (χ4v) is 4.12. The molecular formula is C24H29N5O4. The number of fused-ring (bicyclic) bond motifs is 2. The van der Waals surface area contributed by atoms with Gasteiger partial charge in [-0.1, -0.05) is 12.1 Å². The van der Waals surface area contributed by atoms with Crippen LogP contribution in [0.5, 0.6) is 0 Å². The molecule has 0 spiro atoms. The Balaban J connectivity index is 1.46. The van der Waals surface area contributed by atoms with Gasteiger partial charge >= 0.3 is 0 Å². The number of nitrogens with one attached hydrogen (secondary N) is 1. The van der Waals surface area contributed by atoms with E-state index in [0.29, 0.717) is 35.8 Å². The molecule has 33 heavy (non-hydrogen) atoms. The maximum absolute atomic E-state index is 13.4. The molecule has 1 saturated heterocycles. The lowest BCUT2D eigenvalue weighted by Crippen LogP contribution is -2.43. The molecule has 0 bridgehead atoms. The summed E-state index contributed by atoms with van der Waals surface area (Å²) in [5.74, 6) is -0.284. The number of rotatable bonds is 7. The molecule has 0 aliphatic carbocycles. The second-order valence-corrected chi connectivity index (χ2v) is 8.00. The Kier molecular flexibility index (Phi) is 7.31. The monoisotopic (exact) mass is 451 g/mol. The summed E-state index contributed by atoms with van der Waals surface area (Å²) in [5.41, 5.74) is 1.31. The number of hydrogen-bond donors (Lipinski definition) is 1. The molecule has 1 N–H and O–H groups in total. The van der Waals surface area contributed by atoms with Gasteiger partial charge in [0.2, 0.25) is 11.8 Å². The first kappa shape index (κ1) is 22.9. The van der Waals surface area contributed by atoms with Crippen LogP contribution < -0.4 is 10.2 Å². The van der Waals surface area contributed by atoms with E-state index in [0.717, 1.165) is 32.8 Å². The predicted octanol–water partition coefficient (Wildman–Crippen LogP) is 2.27. The number of likely N-dealkylation sites (N-methyl/N-ethyl adjacent to an activating group) is 1. The number of para-hydroxylation sites is 1. The van der Waals surface area contributed by atoms with Crippen molar-refractivity contribution < 1.29 is 19.1 Å². The number of nitrogens with zero attached hydrogens (tertiary/aromatic N) is 4. The van der Waals surface area contributed by atoms with E-state index >= 15 is 0 Å². The lowest BCUT2D eigenvalue weighted by Gasteiger charge is -2.29. The fourth-order valence-electron chi connectivity index (χ4n) is 4.12. The summed E-state index contributed by atoms with van der Waals surface area (Å²) >= 11 is 0. The third kappa shape index (κ3) is 5.20. The summed E-state index contributed by atoms with van der Waals surface area (Å²) < 4.78 is 5.37. The van der Waals surface area contributed by atoms with Crippen molar-refractivity contribution in [3.63, 3.8) is 0 Å². The van der Waals surface area contributed by atoms with Crippen LogP contribution in [0.25, 0.3) is 0 Å². The van der Waals surface area contributed by atoms with Crippen LogP contribution in [0.15, 0.2) is 42.6 Å². The van der Waals surface area contributed by atoms with Crippen LogP contribution in [0.1, 0.15) is 30.1 Å². The molecule has 2 aliphatic rings. The van der Waals surface area contributed by atoms with Gasteiger partial charge in [0.25, 0.3) is 5.91 Å². The number of morpholine rings is 1. The molecule has 1 aromatic heterocycles. The van der Waals surface area contributed by atoms with Crippen molar-refractivity contribution in [2.24, 2.45) is 0 Å². The van der Waals surface area contributed by atoms with E-state index in [2.05, 4.69) is 15.2 Å². The van der Waals surface area contributed by atoms with Gasteiger partial charge < -0.3 is 15.0 Å². The highest BCUT2D eigenvalue weighted by atomic mass is 16.5. The molecule has 3 heterocycles. The lowest BCUT2D eigenvalue weighted by atomic mass is 10.1. The third-order valence-electron chi connectivity index (χ3n) is 5.96. The first-order chi connectivity index (χ1) is 16.1. The smallest absolute Gasteiger partial charge is 0.257 e. The van der Waals surface area contributed by atoms with Crippen LogP contribution in [0, 0.1) is 0 Å². The summed E-state index contributed by atoms with van der Waals surface area (Å²) in [6.45, 7) is 7.14. The van der Waals surface area contributed by atoms with E-state index in [4.69, 9.17) is 4.74 Å². The standard InChI is InChI=1S/C24H29N5O4/c1-2-28(13-12-27-14-16-33-17-15-27)21(30)9-10-22(31)29-20-8-4-3-6-18(20)24(32)26-19-7-5-11-25-23(19)29/h3-8,11H,2,9-10,12-17H2,1H3,(H,26,32). The molecule has 2 aliphatic heterocycles. The zero-order valence-electron chi connectivity index (χ0n) is 18.8. The Morgan fingerprint density at radius 2 is 1.91 bits per heavy atom. The molecule has 2 aromatic rings. The van der Waals surface area contributed by atoms with Gasteiger partial charge in [-0.15, -0.1) is 0 Å². The Morgan fingerprint density at radius 1 is 1.12 bits per heavy atom. The van der Waals surface area contributed by atoms with Crippen molar-refractivity contribution in [2.45, 2.75) is 19.8 Å².